The summed E-state index contributed by atoms with van der Waals surface area (Å²) in [5.41, 5.74) is 2.66. The van der Waals surface area contributed by atoms with E-state index in [1.807, 2.05) is 12.1 Å². The Kier molecular flexibility index (Phi) is 3.68. The Morgan fingerprint density at radius 3 is 2.71 bits per heavy atom. The van der Waals surface area contributed by atoms with Crippen LogP contribution in [-0.4, -0.2) is 37.6 Å². The Balaban J connectivity index is 1.84. The molecule has 2 amide bonds. The van der Waals surface area contributed by atoms with Gasteiger partial charge in [0.25, 0.3) is 5.91 Å². The van der Waals surface area contributed by atoms with Crippen LogP contribution < -0.4 is 10.2 Å². The summed E-state index contributed by atoms with van der Waals surface area (Å²) in [4.78, 5) is 25.7. The van der Waals surface area contributed by atoms with Crippen molar-refractivity contribution in [2.75, 3.05) is 24.7 Å². The van der Waals surface area contributed by atoms with E-state index >= 15 is 0 Å². The van der Waals surface area contributed by atoms with Crippen LogP contribution in [0.25, 0.3) is 0 Å². The quantitative estimate of drug-likeness (QED) is 0.894. The number of carbonyl (C=O) groups excluding carboxylic acids is 2. The molecule has 0 aliphatic carbocycles. The Morgan fingerprint density at radius 1 is 1.33 bits per heavy atom. The summed E-state index contributed by atoms with van der Waals surface area (Å²) in [5.74, 6) is 0.380. The van der Waals surface area contributed by atoms with Gasteiger partial charge in [0.05, 0.1) is 19.3 Å². The molecule has 0 saturated carbocycles. The monoisotopic (exact) mass is 288 g/mol. The van der Waals surface area contributed by atoms with Crippen molar-refractivity contribution in [1.29, 1.82) is 0 Å². The molecule has 0 bridgehead atoms. The molecule has 1 fully saturated rings. The Hall–Kier alpha value is -1.88. The van der Waals surface area contributed by atoms with Crippen molar-refractivity contribution in [1.82, 2.24) is 5.32 Å². The average Bonchev–Trinajstić information content (AvgIpc) is 2.40. The van der Waals surface area contributed by atoms with E-state index in [1.54, 1.807) is 17.9 Å². The minimum atomic E-state index is -0.0706. The second-order valence-electron chi connectivity index (χ2n) is 5.99. The molecule has 5 heteroatoms. The Bertz CT molecular complexity index is 581. The van der Waals surface area contributed by atoms with Crippen molar-refractivity contribution >= 4 is 17.5 Å². The van der Waals surface area contributed by atoms with Crippen LogP contribution in [0.15, 0.2) is 18.2 Å². The van der Waals surface area contributed by atoms with Crippen LogP contribution in [0, 0.1) is 5.92 Å². The van der Waals surface area contributed by atoms with Gasteiger partial charge < -0.3 is 15.0 Å². The third-order valence-electron chi connectivity index (χ3n) is 4.05. The molecule has 2 aliphatic rings. The van der Waals surface area contributed by atoms with Crippen molar-refractivity contribution in [3.63, 3.8) is 0 Å². The number of benzene rings is 1. The maximum Gasteiger partial charge on any atom is 0.251 e. The molecule has 21 heavy (non-hydrogen) atoms. The molecule has 0 aromatic heterocycles. The van der Waals surface area contributed by atoms with Crippen LogP contribution in [0.1, 0.15) is 29.8 Å². The second kappa shape index (κ2) is 5.48. The maximum absolute atomic E-state index is 12.2. The van der Waals surface area contributed by atoms with E-state index in [2.05, 4.69) is 12.2 Å². The molecule has 0 radical (unpaired) electrons. The zero-order valence-corrected chi connectivity index (χ0v) is 12.4. The number of carbonyl (C=O) groups is 2. The van der Waals surface area contributed by atoms with Crippen molar-refractivity contribution in [2.45, 2.75) is 26.3 Å². The van der Waals surface area contributed by atoms with Crippen LogP contribution >= 0.6 is 0 Å². The predicted octanol–water partition coefficient (Wildman–Crippen LogP) is 1.36. The molecule has 2 heterocycles. The zero-order chi connectivity index (χ0) is 15.0. The van der Waals surface area contributed by atoms with Crippen LogP contribution in [0.4, 0.5) is 5.69 Å². The van der Waals surface area contributed by atoms with E-state index in [-0.39, 0.29) is 17.9 Å². The molecule has 112 valence electrons. The van der Waals surface area contributed by atoms with Gasteiger partial charge >= 0.3 is 0 Å². The van der Waals surface area contributed by atoms with Crippen LogP contribution in [0.5, 0.6) is 0 Å². The number of amides is 2. The third kappa shape index (κ3) is 2.78. The van der Waals surface area contributed by atoms with Crippen molar-refractivity contribution in [2.24, 2.45) is 5.92 Å². The zero-order valence-electron chi connectivity index (χ0n) is 12.4. The highest BCUT2D eigenvalue weighted by Gasteiger charge is 2.26. The van der Waals surface area contributed by atoms with Gasteiger partial charge in [-0.25, -0.2) is 0 Å². The fourth-order valence-electron chi connectivity index (χ4n) is 2.89. The van der Waals surface area contributed by atoms with Crippen LogP contribution in [-0.2, 0) is 16.0 Å². The minimum Gasteiger partial charge on any atom is -0.377 e. The van der Waals surface area contributed by atoms with Gasteiger partial charge in [0.1, 0.15) is 0 Å². The minimum absolute atomic E-state index is 0.0478. The summed E-state index contributed by atoms with van der Waals surface area (Å²) in [6.07, 6.45) is 0.896. The largest absolute Gasteiger partial charge is 0.377 e. The lowest BCUT2D eigenvalue weighted by molar-refractivity contribution is -0.116. The summed E-state index contributed by atoms with van der Waals surface area (Å²) in [7, 11) is 0. The second-order valence-corrected chi connectivity index (χ2v) is 5.99. The third-order valence-corrected chi connectivity index (χ3v) is 4.05. The van der Waals surface area contributed by atoms with Gasteiger partial charge in [0.2, 0.25) is 5.91 Å². The highest BCUT2D eigenvalue weighted by atomic mass is 16.5. The summed E-state index contributed by atoms with van der Waals surface area (Å²) < 4.78 is 5.06. The molecule has 1 saturated heterocycles. The first kappa shape index (κ1) is 14.1. The lowest BCUT2D eigenvalue weighted by Gasteiger charge is -2.33. The number of anilines is 1. The number of hydrogen-bond acceptors (Lipinski definition) is 3. The molecule has 2 aliphatic heterocycles. The highest BCUT2D eigenvalue weighted by Crippen LogP contribution is 2.30. The number of rotatable bonds is 2. The molecule has 3 rings (SSSR count). The van der Waals surface area contributed by atoms with Gasteiger partial charge in [0, 0.05) is 24.7 Å². The molecule has 1 atom stereocenters. The number of nitrogens with one attached hydrogen (secondary N) is 1. The first-order chi connectivity index (χ1) is 10.0. The first-order valence-electron chi connectivity index (χ1n) is 7.34. The number of nitrogens with zero attached hydrogens (tertiary/aromatic N) is 1. The lowest BCUT2D eigenvalue weighted by atomic mass is 9.92. The van der Waals surface area contributed by atoms with Crippen LogP contribution in [0.2, 0.25) is 0 Å². The maximum atomic E-state index is 12.2. The van der Waals surface area contributed by atoms with Gasteiger partial charge in [-0.1, -0.05) is 6.92 Å². The van der Waals surface area contributed by atoms with Crippen LogP contribution in [0.3, 0.4) is 0 Å². The van der Waals surface area contributed by atoms with E-state index < -0.39 is 0 Å². The molecule has 0 spiro atoms. The van der Waals surface area contributed by atoms with E-state index in [1.165, 1.54) is 0 Å². The molecule has 0 unspecified atom stereocenters. The summed E-state index contributed by atoms with van der Waals surface area (Å²) in [6.45, 7) is 5.63. The highest BCUT2D eigenvalue weighted by molar-refractivity contribution is 5.97. The van der Waals surface area contributed by atoms with Crippen molar-refractivity contribution in [3.8, 4) is 0 Å². The average molecular weight is 288 g/mol. The molecule has 5 nitrogen and oxygen atoms in total. The number of fused-ring (bicyclic) bond motifs is 1. The van der Waals surface area contributed by atoms with E-state index in [4.69, 9.17) is 4.74 Å². The smallest absolute Gasteiger partial charge is 0.251 e. The number of hydrogen-bond donors (Lipinski definition) is 1. The SMILES string of the molecule is CC(=O)N1C[C@H](C)Cc2cc(C(=O)NC3COC3)ccc21. The normalized spacial score (nSPS) is 21.4. The summed E-state index contributed by atoms with van der Waals surface area (Å²) in [5, 5.41) is 2.94. The van der Waals surface area contributed by atoms with Gasteiger partial charge in [-0.3, -0.25) is 9.59 Å². The fourth-order valence-corrected chi connectivity index (χ4v) is 2.89. The molecular weight excluding hydrogens is 268 g/mol. The molecule has 1 aromatic rings. The predicted molar refractivity (Wildman–Crippen MR) is 79.4 cm³/mol. The van der Waals surface area contributed by atoms with Crippen molar-refractivity contribution < 1.29 is 14.3 Å². The topological polar surface area (TPSA) is 58.6 Å². The molecular formula is C16H20N2O3. The van der Waals surface area contributed by atoms with Gasteiger partial charge in [0.15, 0.2) is 0 Å². The number of ether oxygens (including phenoxy) is 1. The Morgan fingerprint density at radius 2 is 2.10 bits per heavy atom. The summed E-state index contributed by atoms with van der Waals surface area (Å²) in [6, 6.07) is 5.71. The Labute approximate surface area is 124 Å². The standard InChI is InChI=1S/C16H20N2O3/c1-10-5-13-6-12(16(20)17-14-8-21-9-14)3-4-15(13)18(7-10)11(2)19/h3-4,6,10,14H,5,7-9H2,1-2H3,(H,17,20)/t10-/m1/s1. The lowest BCUT2D eigenvalue weighted by Crippen LogP contribution is -2.48. The van der Waals surface area contributed by atoms with Gasteiger partial charge in [-0.2, -0.15) is 0 Å². The fraction of sp³-hybridized carbons (Fsp3) is 0.500. The summed E-state index contributed by atoms with van der Waals surface area (Å²) >= 11 is 0. The van der Waals surface area contributed by atoms with Gasteiger partial charge in [-0.15, -0.1) is 0 Å². The van der Waals surface area contributed by atoms with Gasteiger partial charge in [-0.05, 0) is 36.1 Å². The first-order valence-corrected chi connectivity index (χ1v) is 7.34. The van der Waals surface area contributed by atoms with E-state index in [0.29, 0.717) is 24.7 Å². The van der Waals surface area contributed by atoms with E-state index in [0.717, 1.165) is 24.2 Å². The van der Waals surface area contributed by atoms with Crippen molar-refractivity contribution in [3.05, 3.63) is 29.3 Å². The van der Waals surface area contributed by atoms with E-state index in [9.17, 15) is 9.59 Å². The molecule has 1 N–H and O–H groups in total. The molecule has 1 aromatic carbocycles.